The molecule has 2 aromatic heterocycles. The first kappa shape index (κ1) is 23.0. The Bertz CT molecular complexity index is 1470. The Balaban J connectivity index is 1.74. The number of thiophene rings is 1. The van der Waals surface area contributed by atoms with Crippen LogP contribution in [0.25, 0.3) is 10.9 Å². The predicted molar refractivity (Wildman–Crippen MR) is 135 cm³/mol. The third-order valence-electron chi connectivity index (χ3n) is 6.38. The van der Waals surface area contributed by atoms with Crippen LogP contribution in [0.2, 0.25) is 0 Å². The Morgan fingerprint density at radius 3 is 2.54 bits per heavy atom. The van der Waals surface area contributed by atoms with E-state index in [1.165, 1.54) is 28.0 Å². The molecule has 35 heavy (non-hydrogen) atoms. The topological polar surface area (TPSA) is 78.1 Å². The summed E-state index contributed by atoms with van der Waals surface area (Å²) in [6.45, 7) is 1.68. The van der Waals surface area contributed by atoms with Crippen LogP contribution in [0, 0.1) is 17.1 Å². The molecule has 6 nitrogen and oxygen atoms in total. The fourth-order valence-electron chi connectivity index (χ4n) is 4.70. The highest BCUT2D eigenvalue weighted by Crippen LogP contribution is 2.34. The first-order valence-corrected chi connectivity index (χ1v) is 12.3. The number of pyridine rings is 1. The largest absolute Gasteiger partial charge is 0.317 e. The molecule has 0 spiro atoms. The van der Waals surface area contributed by atoms with Gasteiger partial charge in [0.15, 0.2) is 0 Å². The van der Waals surface area contributed by atoms with Gasteiger partial charge < -0.3 is 14.8 Å². The molecule has 176 valence electrons. The van der Waals surface area contributed by atoms with Crippen molar-refractivity contribution in [1.82, 2.24) is 9.88 Å². The van der Waals surface area contributed by atoms with Gasteiger partial charge in [-0.25, -0.2) is 4.39 Å². The highest BCUT2D eigenvalue weighted by molar-refractivity contribution is 7.12. The van der Waals surface area contributed by atoms with Crippen molar-refractivity contribution in [3.63, 3.8) is 0 Å². The zero-order chi connectivity index (χ0) is 24.4. The Morgan fingerprint density at radius 2 is 1.86 bits per heavy atom. The second kappa shape index (κ2) is 9.82. The summed E-state index contributed by atoms with van der Waals surface area (Å²) in [5.74, 6) is -0.562. The normalized spacial score (nSPS) is 14.1. The van der Waals surface area contributed by atoms with Crippen molar-refractivity contribution in [3.05, 3.63) is 98.2 Å². The molecule has 0 aliphatic carbocycles. The zero-order valence-corrected chi connectivity index (χ0v) is 19.7. The first-order valence-electron chi connectivity index (χ1n) is 11.5. The summed E-state index contributed by atoms with van der Waals surface area (Å²) < 4.78 is 15.0. The summed E-state index contributed by atoms with van der Waals surface area (Å²) in [5, 5.41) is 16.0. The van der Waals surface area contributed by atoms with Crippen LogP contribution in [0.3, 0.4) is 0 Å². The average molecular weight is 487 g/mol. The molecule has 0 atom stereocenters. The van der Waals surface area contributed by atoms with Crippen LogP contribution in [-0.4, -0.2) is 29.6 Å². The highest BCUT2D eigenvalue weighted by atomic mass is 32.1. The number of carbonyl (C=O) groups is 1. The number of nitrogens with one attached hydrogen (secondary N) is 1. The van der Waals surface area contributed by atoms with Crippen LogP contribution in [0.1, 0.15) is 33.6 Å². The molecule has 0 bridgehead atoms. The van der Waals surface area contributed by atoms with Gasteiger partial charge in [-0.05, 0) is 61.1 Å². The molecule has 1 saturated heterocycles. The molecular formula is C27H23FN4O2S. The second-order valence-corrected chi connectivity index (χ2v) is 9.45. The van der Waals surface area contributed by atoms with Gasteiger partial charge in [-0.1, -0.05) is 36.4 Å². The summed E-state index contributed by atoms with van der Waals surface area (Å²) in [4.78, 5) is 29.8. The lowest BCUT2D eigenvalue weighted by molar-refractivity contribution is 0.0976. The number of nitriles is 1. The smallest absolute Gasteiger partial charge is 0.271 e. The van der Waals surface area contributed by atoms with Gasteiger partial charge in [0.05, 0.1) is 22.6 Å². The van der Waals surface area contributed by atoms with E-state index in [0.717, 1.165) is 31.5 Å². The monoisotopic (exact) mass is 486 g/mol. The Kier molecular flexibility index (Phi) is 6.45. The van der Waals surface area contributed by atoms with Crippen molar-refractivity contribution in [1.29, 1.82) is 5.26 Å². The predicted octanol–water partition coefficient (Wildman–Crippen LogP) is 4.52. The van der Waals surface area contributed by atoms with Gasteiger partial charge in [0, 0.05) is 11.4 Å². The maximum Gasteiger partial charge on any atom is 0.271 e. The molecule has 3 heterocycles. The molecule has 1 fully saturated rings. The van der Waals surface area contributed by atoms with E-state index in [1.807, 2.05) is 35.7 Å². The van der Waals surface area contributed by atoms with Gasteiger partial charge in [-0.2, -0.15) is 5.26 Å². The molecule has 0 radical (unpaired) electrons. The molecule has 1 amide bonds. The molecule has 1 aliphatic heterocycles. The Labute approximate surface area is 205 Å². The highest BCUT2D eigenvalue weighted by Gasteiger charge is 2.33. The standard InChI is InChI=1S/C27H23FN4O2S/c28-19-9-7-18(8-10-19)17-31-23-5-2-1-4-21(23)25(22(16-29)26(31)33)32(20-11-13-30-14-12-20)27(34)24-6-3-15-35-24/h1-10,15,20,30H,11-14,17H2. The molecular weight excluding hydrogens is 463 g/mol. The fourth-order valence-corrected chi connectivity index (χ4v) is 5.36. The van der Waals surface area contributed by atoms with E-state index in [2.05, 4.69) is 11.4 Å². The number of nitrogens with zero attached hydrogens (tertiary/aromatic N) is 3. The molecule has 0 saturated carbocycles. The third-order valence-corrected chi connectivity index (χ3v) is 7.23. The third kappa shape index (κ3) is 4.36. The minimum Gasteiger partial charge on any atom is -0.317 e. The van der Waals surface area contributed by atoms with Gasteiger partial charge in [-0.15, -0.1) is 11.3 Å². The lowest BCUT2D eigenvalue weighted by Gasteiger charge is -2.35. The Morgan fingerprint density at radius 1 is 1.11 bits per heavy atom. The number of halogens is 1. The lowest BCUT2D eigenvalue weighted by Crippen LogP contribution is -2.47. The van der Waals surface area contributed by atoms with E-state index < -0.39 is 5.56 Å². The van der Waals surface area contributed by atoms with Crippen LogP contribution < -0.4 is 15.8 Å². The zero-order valence-electron chi connectivity index (χ0n) is 18.9. The number of aromatic nitrogens is 1. The number of hydrogen-bond acceptors (Lipinski definition) is 5. The molecule has 2 aromatic carbocycles. The quantitative estimate of drug-likeness (QED) is 0.450. The molecule has 1 N–H and O–H groups in total. The molecule has 5 rings (SSSR count). The van der Waals surface area contributed by atoms with E-state index in [0.29, 0.717) is 21.5 Å². The maximum absolute atomic E-state index is 13.8. The van der Waals surface area contributed by atoms with Crippen molar-refractivity contribution in [2.75, 3.05) is 18.0 Å². The van der Waals surface area contributed by atoms with Crippen molar-refractivity contribution in [2.24, 2.45) is 0 Å². The number of anilines is 1. The summed E-state index contributed by atoms with van der Waals surface area (Å²) >= 11 is 1.34. The van der Waals surface area contributed by atoms with Crippen molar-refractivity contribution < 1.29 is 9.18 Å². The first-order chi connectivity index (χ1) is 17.1. The summed E-state index contributed by atoms with van der Waals surface area (Å²) in [7, 11) is 0. The fraction of sp³-hybridized carbons (Fsp3) is 0.222. The summed E-state index contributed by atoms with van der Waals surface area (Å²) in [6.07, 6.45) is 1.43. The minimum atomic E-state index is -0.469. The van der Waals surface area contributed by atoms with E-state index >= 15 is 0 Å². The summed E-state index contributed by atoms with van der Waals surface area (Å²) in [6, 6.07) is 18.8. The van der Waals surface area contributed by atoms with Crippen LogP contribution >= 0.6 is 11.3 Å². The number of benzene rings is 2. The van der Waals surface area contributed by atoms with Crippen molar-refractivity contribution in [2.45, 2.75) is 25.4 Å². The molecule has 8 heteroatoms. The Hall–Kier alpha value is -3.80. The minimum absolute atomic E-state index is 0.0609. The van der Waals surface area contributed by atoms with E-state index in [-0.39, 0.29) is 29.9 Å². The SMILES string of the molecule is N#Cc1c(N(C(=O)c2cccs2)C2CCNCC2)c2ccccc2n(Cc2ccc(F)cc2)c1=O. The van der Waals surface area contributed by atoms with Crippen LogP contribution in [0.4, 0.5) is 10.1 Å². The van der Waals surface area contributed by atoms with Crippen molar-refractivity contribution >= 4 is 33.8 Å². The van der Waals surface area contributed by atoms with Crippen LogP contribution in [0.15, 0.2) is 70.8 Å². The number of fused-ring (bicyclic) bond motifs is 1. The van der Waals surface area contributed by atoms with E-state index in [4.69, 9.17) is 0 Å². The maximum atomic E-state index is 13.8. The van der Waals surface area contributed by atoms with Gasteiger partial charge in [-0.3, -0.25) is 9.59 Å². The number of amides is 1. The van der Waals surface area contributed by atoms with Gasteiger partial charge in [0.1, 0.15) is 17.4 Å². The van der Waals surface area contributed by atoms with Gasteiger partial charge in [0.2, 0.25) is 0 Å². The number of piperidine rings is 1. The van der Waals surface area contributed by atoms with Crippen LogP contribution in [0.5, 0.6) is 0 Å². The van der Waals surface area contributed by atoms with Gasteiger partial charge in [0.25, 0.3) is 11.5 Å². The second-order valence-electron chi connectivity index (χ2n) is 8.50. The molecule has 4 aromatic rings. The van der Waals surface area contributed by atoms with Gasteiger partial charge >= 0.3 is 0 Å². The number of rotatable bonds is 5. The number of para-hydroxylation sites is 1. The van der Waals surface area contributed by atoms with E-state index in [9.17, 15) is 19.2 Å². The molecule has 0 unspecified atom stereocenters. The van der Waals surface area contributed by atoms with Crippen molar-refractivity contribution in [3.8, 4) is 6.07 Å². The number of hydrogen-bond donors (Lipinski definition) is 1. The molecule has 1 aliphatic rings. The van der Waals surface area contributed by atoms with E-state index in [1.54, 1.807) is 23.1 Å². The number of carbonyl (C=O) groups excluding carboxylic acids is 1. The lowest BCUT2D eigenvalue weighted by atomic mass is 10.00. The average Bonchev–Trinajstić information content (AvgIpc) is 3.43. The summed E-state index contributed by atoms with van der Waals surface area (Å²) in [5.41, 5.74) is 1.19. The van der Waals surface area contributed by atoms with Crippen LogP contribution in [-0.2, 0) is 6.54 Å².